The van der Waals surface area contributed by atoms with Crippen LogP contribution >= 0.6 is 0 Å². The first kappa shape index (κ1) is 23.4. The van der Waals surface area contributed by atoms with Crippen LogP contribution in [-0.2, 0) is 16.0 Å². The largest absolute Gasteiger partial charge is 0.507 e. The van der Waals surface area contributed by atoms with Crippen molar-refractivity contribution in [3.8, 4) is 5.75 Å². The topological polar surface area (TPSA) is 82.6 Å². The number of amides is 1. The van der Waals surface area contributed by atoms with E-state index in [0.717, 1.165) is 16.5 Å². The number of Topliss-reactive ketones (excluding diaryl/α,β-unsaturated/α-hetero) is 1. The molecule has 1 aliphatic heterocycles. The van der Waals surface area contributed by atoms with Crippen LogP contribution in [-0.4, -0.2) is 39.8 Å². The molecule has 1 aliphatic rings. The predicted molar refractivity (Wildman–Crippen MR) is 135 cm³/mol. The summed E-state index contributed by atoms with van der Waals surface area (Å²) in [5.41, 5.74) is 2.70. The van der Waals surface area contributed by atoms with Gasteiger partial charge in [-0.3, -0.25) is 9.59 Å². The second-order valence-corrected chi connectivity index (χ2v) is 8.61. The Bertz CT molecular complexity index is 1470. The molecule has 1 saturated heterocycles. The molecule has 7 heteroatoms. The molecule has 0 saturated carbocycles. The molecule has 2 N–H and O–H groups in total. The summed E-state index contributed by atoms with van der Waals surface area (Å²) in [5.74, 6) is -1.70. The Morgan fingerprint density at radius 2 is 1.83 bits per heavy atom. The maximum Gasteiger partial charge on any atom is 0.295 e. The first-order chi connectivity index (χ1) is 17.5. The minimum atomic E-state index is -0.919. The third-order valence-electron chi connectivity index (χ3n) is 6.44. The van der Waals surface area contributed by atoms with Crippen LogP contribution in [0.3, 0.4) is 0 Å². The molecule has 0 radical (unpaired) electrons. The number of likely N-dealkylation sites (tertiary alicyclic amines) is 1. The molecule has 36 heavy (non-hydrogen) atoms. The average Bonchev–Trinajstić information content (AvgIpc) is 3.41. The Morgan fingerprint density at radius 3 is 2.58 bits per heavy atom. The van der Waals surface area contributed by atoms with E-state index in [2.05, 4.69) is 4.98 Å². The van der Waals surface area contributed by atoms with Gasteiger partial charge in [-0.15, -0.1) is 0 Å². The lowest BCUT2D eigenvalue weighted by Gasteiger charge is -2.25. The lowest BCUT2D eigenvalue weighted by Crippen LogP contribution is -2.31. The molecule has 4 aromatic rings. The quantitative estimate of drug-likeness (QED) is 0.210. The van der Waals surface area contributed by atoms with Crippen molar-refractivity contribution in [1.82, 2.24) is 9.88 Å². The summed E-state index contributed by atoms with van der Waals surface area (Å²) in [6, 6.07) is 19.3. The minimum absolute atomic E-state index is 0.0614. The monoisotopic (exact) mass is 484 g/mol. The molecular formula is C29H25FN2O4. The molecule has 1 aromatic heterocycles. The molecule has 3 aromatic carbocycles. The van der Waals surface area contributed by atoms with Crippen LogP contribution in [0.25, 0.3) is 16.7 Å². The molecule has 0 aliphatic carbocycles. The number of H-pyrrole nitrogens is 1. The molecule has 0 bridgehead atoms. The first-order valence-corrected chi connectivity index (χ1v) is 11.8. The number of para-hydroxylation sites is 1. The number of aliphatic hydroxyl groups excluding tert-OH is 1. The van der Waals surface area contributed by atoms with Gasteiger partial charge in [-0.2, -0.15) is 0 Å². The molecule has 1 fully saturated rings. The first-order valence-electron chi connectivity index (χ1n) is 11.8. The zero-order valence-corrected chi connectivity index (χ0v) is 19.7. The van der Waals surface area contributed by atoms with Crippen molar-refractivity contribution in [1.29, 1.82) is 0 Å². The maximum atomic E-state index is 14.2. The molecule has 5 rings (SSSR count). The van der Waals surface area contributed by atoms with Crippen LogP contribution in [0.2, 0.25) is 0 Å². The number of rotatable bonds is 7. The van der Waals surface area contributed by atoms with E-state index in [1.165, 1.54) is 23.1 Å². The summed E-state index contributed by atoms with van der Waals surface area (Å²) in [7, 11) is 0. The van der Waals surface area contributed by atoms with Crippen LogP contribution in [0.1, 0.15) is 29.7 Å². The minimum Gasteiger partial charge on any atom is -0.507 e. The number of ether oxygens (including phenoxy) is 1. The normalized spacial score (nSPS) is 17.2. The molecule has 0 spiro atoms. The summed E-state index contributed by atoms with van der Waals surface area (Å²) in [6.45, 7) is 2.57. The number of carbonyl (C=O) groups excluding carboxylic acids is 2. The van der Waals surface area contributed by atoms with Crippen LogP contribution in [0.5, 0.6) is 5.75 Å². The second kappa shape index (κ2) is 9.70. The van der Waals surface area contributed by atoms with Gasteiger partial charge in [0.25, 0.3) is 11.7 Å². The van der Waals surface area contributed by atoms with Gasteiger partial charge in [-0.05, 0) is 66.9 Å². The number of halogens is 1. The van der Waals surface area contributed by atoms with Gasteiger partial charge in [-0.25, -0.2) is 4.39 Å². The fraction of sp³-hybridized carbons (Fsp3) is 0.172. The van der Waals surface area contributed by atoms with E-state index in [1.807, 2.05) is 37.4 Å². The number of aromatic amines is 1. The predicted octanol–water partition coefficient (Wildman–Crippen LogP) is 5.37. The van der Waals surface area contributed by atoms with Gasteiger partial charge in [0.15, 0.2) is 0 Å². The Hall–Kier alpha value is -4.39. The number of carbonyl (C=O) groups is 2. The van der Waals surface area contributed by atoms with E-state index in [9.17, 15) is 19.1 Å². The Kier molecular flexibility index (Phi) is 6.29. The van der Waals surface area contributed by atoms with Crippen LogP contribution < -0.4 is 4.74 Å². The fourth-order valence-electron chi connectivity index (χ4n) is 4.74. The van der Waals surface area contributed by atoms with Crippen molar-refractivity contribution >= 4 is 28.4 Å². The van der Waals surface area contributed by atoms with E-state index in [4.69, 9.17) is 4.74 Å². The van der Waals surface area contributed by atoms with Gasteiger partial charge in [0.2, 0.25) is 0 Å². The molecule has 6 nitrogen and oxygen atoms in total. The zero-order chi connectivity index (χ0) is 25.2. The lowest BCUT2D eigenvalue weighted by atomic mass is 9.95. The van der Waals surface area contributed by atoms with E-state index >= 15 is 0 Å². The Balaban J connectivity index is 1.54. The number of fused-ring (bicyclic) bond motifs is 1. The average molecular weight is 485 g/mol. The standard InChI is InChI=1S/C29H25FN2O4/c1-2-36-22-12-10-18(11-13-22)27(33)25-26(19-6-5-7-21(30)16-19)32(29(35)28(25)34)15-14-20-17-31-24-9-4-3-8-23(20)24/h3-13,16-17,26,31,33H,2,14-15H2,1H3/b27-25+. The van der Waals surface area contributed by atoms with Gasteiger partial charge in [-0.1, -0.05) is 30.3 Å². The molecule has 2 heterocycles. The molecule has 1 unspecified atom stereocenters. The molecule has 1 amide bonds. The Labute approximate surface area is 207 Å². The molecule has 1 atom stereocenters. The number of hydrogen-bond acceptors (Lipinski definition) is 4. The summed E-state index contributed by atoms with van der Waals surface area (Å²) < 4.78 is 19.7. The molecular weight excluding hydrogens is 459 g/mol. The number of ketones is 1. The van der Waals surface area contributed by atoms with Crippen molar-refractivity contribution in [2.24, 2.45) is 0 Å². The summed E-state index contributed by atoms with van der Waals surface area (Å²) in [6.07, 6.45) is 2.37. The highest BCUT2D eigenvalue weighted by Crippen LogP contribution is 2.40. The number of hydrogen-bond donors (Lipinski definition) is 2. The van der Waals surface area contributed by atoms with Crippen molar-refractivity contribution < 1.29 is 23.8 Å². The lowest BCUT2D eigenvalue weighted by molar-refractivity contribution is -0.139. The Morgan fingerprint density at radius 1 is 1.06 bits per heavy atom. The van der Waals surface area contributed by atoms with E-state index in [1.54, 1.807) is 30.3 Å². The van der Waals surface area contributed by atoms with Crippen LogP contribution in [0, 0.1) is 5.82 Å². The van der Waals surface area contributed by atoms with Gasteiger partial charge >= 0.3 is 0 Å². The van der Waals surface area contributed by atoms with Crippen LogP contribution in [0.15, 0.2) is 84.6 Å². The highest BCUT2D eigenvalue weighted by Gasteiger charge is 2.46. The summed E-state index contributed by atoms with van der Waals surface area (Å²) in [5, 5.41) is 12.2. The summed E-state index contributed by atoms with van der Waals surface area (Å²) >= 11 is 0. The smallest absolute Gasteiger partial charge is 0.295 e. The fourth-order valence-corrected chi connectivity index (χ4v) is 4.74. The van der Waals surface area contributed by atoms with Crippen molar-refractivity contribution in [2.75, 3.05) is 13.2 Å². The second-order valence-electron chi connectivity index (χ2n) is 8.61. The number of benzene rings is 3. The SMILES string of the molecule is CCOc1ccc(/C(O)=C2\C(=O)C(=O)N(CCc3c[nH]c4ccccc34)C2c2cccc(F)c2)cc1. The third kappa shape index (κ3) is 4.24. The highest BCUT2D eigenvalue weighted by atomic mass is 19.1. The van der Waals surface area contributed by atoms with Gasteiger partial charge < -0.3 is 19.7 Å². The maximum absolute atomic E-state index is 14.2. The van der Waals surface area contributed by atoms with Crippen molar-refractivity contribution in [3.05, 3.63) is 107 Å². The summed E-state index contributed by atoms with van der Waals surface area (Å²) in [4.78, 5) is 31.0. The third-order valence-corrected chi connectivity index (χ3v) is 6.44. The van der Waals surface area contributed by atoms with Crippen LogP contribution in [0.4, 0.5) is 4.39 Å². The molecule has 182 valence electrons. The van der Waals surface area contributed by atoms with E-state index < -0.39 is 23.5 Å². The van der Waals surface area contributed by atoms with Gasteiger partial charge in [0.05, 0.1) is 18.2 Å². The van der Waals surface area contributed by atoms with E-state index in [0.29, 0.717) is 29.9 Å². The van der Waals surface area contributed by atoms with Gasteiger partial charge in [0.1, 0.15) is 17.3 Å². The van der Waals surface area contributed by atoms with Crippen molar-refractivity contribution in [2.45, 2.75) is 19.4 Å². The van der Waals surface area contributed by atoms with Gasteiger partial charge in [0, 0.05) is 29.2 Å². The highest BCUT2D eigenvalue weighted by molar-refractivity contribution is 6.46. The zero-order valence-electron chi connectivity index (χ0n) is 19.7. The number of aromatic nitrogens is 1. The van der Waals surface area contributed by atoms with Crippen molar-refractivity contribution in [3.63, 3.8) is 0 Å². The number of aliphatic hydroxyl groups is 1. The number of nitrogens with one attached hydrogen (secondary N) is 1. The number of nitrogens with zero attached hydrogens (tertiary/aromatic N) is 1. The van der Waals surface area contributed by atoms with E-state index in [-0.39, 0.29) is 17.9 Å².